The number of hydrogen-bond donors (Lipinski definition) is 1. The first-order chi connectivity index (χ1) is 6.17. The number of pyridine rings is 1. The van der Waals surface area contributed by atoms with Crippen molar-refractivity contribution in [3.05, 3.63) is 28.5 Å². The monoisotopic (exact) mass is 241 g/mol. The minimum Gasteiger partial charge on any atom is -0.481 e. The zero-order valence-electron chi connectivity index (χ0n) is 6.83. The predicted molar refractivity (Wildman–Crippen MR) is 50.5 cm³/mol. The molecule has 4 heteroatoms. The zero-order valence-corrected chi connectivity index (χ0v) is 8.41. The van der Waals surface area contributed by atoms with E-state index in [1.54, 1.807) is 12.3 Å². The number of carboxylic acid groups (broad SMARTS) is 1. The van der Waals surface area contributed by atoms with Crippen LogP contribution >= 0.6 is 15.9 Å². The molecule has 0 unspecified atom stereocenters. The Bertz CT molecular complexity index is 360. The molecular formula is C9H8BrNO2. The molecule has 3 nitrogen and oxygen atoms in total. The van der Waals surface area contributed by atoms with E-state index >= 15 is 0 Å². The Balaban J connectivity index is 2.47. The number of hydrogen-bond acceptors (Lipinski definition) is 2. The number of aliphatic carboxylic acids is 1. The molecule has 1 fully saturated rings. The first-order valence-electron chi connectivity index (χ1n) is 4.01. The molecule has 1 aliphatic carbocycles. The third-order valence-electron chi connectivity index (χ3n) is 2.37. The SMILES string of the molecule is O=C(O)C1(c2ncccc2Br)CC1. The fraction of sp³-hybridized carbons (Fsp3) is 0.333. The van der Waals surface area contributed by atoms with Crippen molar-refractivity contribution in [3.8, 4) is 0 Å². The van der Waals surface area contributed by atoms with E-state index < -0.39 is 11.4 Å². The summed E-state index contributed by atoms with van der Waals surface area (Å²) in [6.07, 6.45) is 3.01. The van der Waals surface area contributed by atoms with Crippen molar-refractivity contribution < 1.29 is 9.90 Å². The lowest BCUT2D eigenvalue weighted by molar-refractivity contribution is -0.140. The second-order valence-electron chi connectivity index (χ2n) is 3.22. The standard InChI is InChI=1S/C9H8BrNO2/c10-6-2-1-5-11-7(6)9(3-4-9)8(12)13/h1-2,5H,3-4H2,(H,12,13). The molecule has 0 aliphatic heterocycles. The molecule has 0 saturated heterocycles. The molecule has 0 aromatic carbocycles. The third kappa shape index (κ3) is 1.25. The number of halogens is 1. The number of rotatable bonds is 2. The maximum absolute atomic E-state index is 11.0. The molecule has 2 rings (SSSR count). The third-order valence-corrected chi connectivity index (χ3v) is 3.01. The first kappa shape index (κ1) is 8.69. The van der Waals surface area contributed by atoms with Crippen molar-refractivity contribution in [2.75, 3.05) is 0 Å². The summed E-state index contributed by atoms with van der Waals surface area (Å²) >= 11 is 3.31. The molecule has 1 saturated carbocycles. The van der Waals surface area contributed by atoms with Crippen molar-refractivity contribution in [1.29, 1.82) is 0 Å². The highest BCUT2D eigenvalue weighted by Gasteiger charge is 2.54. The lowest BCUT2D eigenvalue weighted by Gasteiger charge is -2.09. The Hall–Kier alpha value is -0.900. The minimum absolute atomic E-state index is 0.655. The maximum Gasteiger partial charge on any atom is 0.315 e. The van der Waals surface area contributed by atoms with Gasteiger partial charge in [0.05, 0.1) is 5.69 Å². The molecule has 0 radical (unpaired) electrons. The van der Waals surface area contributed by atoms with E-state index in [1.165, 1.54) is 0 Å². The number of aromatic nitrogens is 1. The van der Waals surface area contributed by atoms with Crippen molar-refractivity contribution in [2.24, 2.45) is 0 Å². The lowest BCUT2D eigenvalue weighted by atomic mass is 10.0. The summed E-state index contributed by atoms with van der Waals surface area (Å²) in [5.41, 5.74) is -0.0531. The summed E-state index contributed by atoms with van der Waals surface area (Å²) in [6, 6.07) is 3.61. The van der Waals surface area contributed by atoms with E-state index in [1.807, 2.05) is 6.07 Å². The molecule has 0 spiro atoms. The van der Waals surface area contributed by atoms with Gasteiger partial charge in [0.1, 0.15) is 5.41 Å². The average Bonchev–Trinajstić information content (AvgIpc) is 2.85. The van der Waals surface area contributed by atoms with Gasteiger partial charge in [-0.25, -0.2) is 0 Å². The topological polar surface area (TPSA) is 50.2 Å². The van der Waals surface area contributed by atoms with Crippen LogP contribution in [0.2, 0.25) is 0 Å². The summed E-state index contributed by atoms with van der Waals surface area (Å²) in [5.74, 6) is -0.771. The second-order valence-corrected chi connectivity index (χ2v) is 4.08. The normalized spacial score (nSPS) is 18.2. The van der Waals surface area contributed by atoms with Gasteiger partial charge in [-0.15, -0.1) is 0 Å². The molecule has 13 heavy (non-hydrogen) atoms. The van der Waals surface area contributed by atoms with Crippen LogP contribution in [0.5, 0.6) is 0 Å². The van der Waals surface area contributed by atoms with Crippen LogP contribution in [0.4, 0.5) is 0 Å². The van der Waals surface area contributed by atoms with Crippen LogP contribution in [-0.4, -0.2) is 16.1 Å². The van der Waals surface area contributed by atoms with Gasteiger partial charge in [-0.05, 0) is 40.9 Å². The summed E-state index contributed by atoms with van der Waals surface area (Å²) in [4.78, 5) is 15.1. The maximum atomic E-state index is 11.0. The largest absolute Gasteiger partial charge is 0.481 e. The van der Waals surface area contributed by atoms with Gasteiger partial charge in [0.25, 0.3) is 0 Å². The van der Waals surface area contributed by atoms with Crippen molar-refractivity contribution >= 4 is 21.9 Å². The van der Waals surface area contributed by atoms with E-state index in [4.69, 9.17) is 5.11 Å². The van der Waals surface area contributed by atoms with Crippen molar-refractivity contribution in [2.45, 2.75) is 18.3 Å². The van der Waals surface area contributed by atoms with E-state index in [2.05, 4.69) is 20.9 Å². The molecule has 1 aromatic rings. The van der Waals surface area contributed by atoms with E-state index in [0.717, 1.165) is 4.47 Å². The molecule has 68 valence electrons. The van der Waals surface area contributed by atoms with Gasteiger partial charge < -0.3 is 5.11 Å². The van der Waals surface area contributed by atoms with Gasteiger partial charge in [0.2, 0.25) is 0 Å². The molecule has 0 amide bonds. The molecule has 1 aromatic heterocycles. The molecular weight excluding hydrogens is 234 g/mol. The fourth-order valence-electron chi connectivity index (χ4n) is 1.41. The van der Waals surface area contributed by atoms with Crippen LogP contribution in [0.15, 0.2) is 22.8 Å². The summed E-state index contributed by atoms with van der Waals surface area (Å²) in [7, 11) is 0. The molecule has 1 N–H and O–H groups in total. The van der Waals surface area contributed by atoms with Crippen molar-refractivity contribution in [3.63, 3.8) is 0 Å². The molecule has 0 atom stereocenters. The van der Waals surface area contributed by atoms with Crippen molar-refractivity contribution in [1.82, 2.24) is 4.98 Å². The lowest BCUT2D eigenvalue weighted by Crippen LogP contribution is -2.21. The highest BCUT2D eigenvalue weighted by Crippen LogP contribution is 2.49. The number of carbonyl (C=O) groups is 1. The van der Waals surface area contributed by atoms with E-state index in [0.29, 0.717) is 18.5 Å². The highest BCUT2D eigenvalue weighted by atomic mass is 79.9. The Kier molecular flexibility index (Phi) is 1.87. The second kappa shape index (κ2) is 2.80. The summed E-state index contributed by atoms with van der Waals surface area (Å²) in [6.45, 7) is 0. The van der Waals surface area contributed by atoms with Crippen LogP contribution in [-0.2, 0) is 10.2 Å². The quantitative estimate of drug-likeness (QED) is 0.862. The Morgan fingerprint density at radius 2 is 2.31 bits per heavy atom. The van der Waals surface area contributed by atoms with E-state index in [9.17, 15) is 4.79 Å². The summed E-state index contributed by atoms with van der Waals surface area (Å²) in [5, 5.41) is 9.02. The van der Waals surface area contributed by atoms with Gasteiger partial charge in [0, 0.05) is 10.7 Å². The molecule has 0 bridgehead atoms. The fourth-order valence-corrected chi connectivity index (χ4v) is 2.05. The Morgan fingerprint density at radius 1 is 1.62 bits per heavy atom. The smallest absolute Gasteiger partial charge is 0.315 e. The van der Waals surface area contributed by atoms with Crippen LogP contribution in [0.25, 0.3) is 0 Å². The number of nitrogens with zero attached hydrogens (tertiary/aromatic N) is 1. The summed E-state index contributed by atoms with van der Waals surface area (Å²) < 4.78 is 0.787. The average molecular weight is 242 g/mol. The number of carboxylic acids is 1. The van der Waals surface area contributed by atoms with Crippen LogP contribution in [0.1, 0.15) is 18.5 Å². The van der Waals surface area contributed by atoms with Gasteiger partial charge in [-0.3, -0.25) is 9.78 Å². The van der Waals surface area contributed by atoms with E-state index in [-0.39, 0.29) is 0 Å². The Labute approximate surface area is 83.9 Å². The first-order valence-corrected chi connectivity index (χ1v) is 4.80. The minimum atomic E-state index is -0.771. The van der Waals surface area contributed by atoms with Gasteiger partial charge >= 0.3 is 5.97 Å². The highest BCUT2D eigenvalue weighted by molar-refractivity contribution is 9.10. The molecule has 1 aliphatic rings. The van der Waals surface area contributed by atoms with Gasteiger partial charge in [-0.1, -0.05) is 0 Å². The molecule has 1 heterocycles. The van der Waals surface area contributed by atoms with Crippen LogP contribution < -0.4 is 0 Å². The van der Waals surface area contributed by atoms with Gasteiger partial charge in [0.15, 0.2) is 0 Å². The Morgan fingerprint density at radius 3 is 2.77 bits per heavy atom. The van der Waals surface area contributed by atoms with Crippen LogP contribution in [0.3, 0.4) is 0 Å². The van der Waals surface area contributed by atoms with Crippen LogP contribution in [0, 0.1) is 0 Å². The zero-order chi connectivity index (χ0) is 9.47. The van der Waals surface area contributed by atoms with Gasteiger partial charge in [-0.2, -0.15) is 0 Å². The predicted octanol–water partition coefficient (Wildman–Crippen LogP) is 1.96.